The van der Waals surface area contributed by atoms with Crippen LogP contribution in [0.5, 0.6) is 0 Å². The van der Waals surface area contributed by atoms with E-state index >= 15 is 0 Å². The highest BCUT2D eigenvalue weighted by atomic mass is 16.1. The van der Waals surface area contributed by atoms with Crippen LogP contribution in [-0.2, 0) is 0 Å². The largest absolute Gasteiger partial charge is 0.355 e. The summed E-state index contributed by atoms with van der Waals surface area (Å²) in [5.41, 5.74) is 3.23. The lowest BCUT2D eigenvalue weighted by molar-refractivity contribution is 0.0460. The molecule has 0 bridgehead atoms. The van der Waals surface area contributed by atoms with Gasteiger partial charge >= 0.3 is 0 Å². The number of hydrogen-bond acceptors (Lipinski definition) is 3. The summed E-state index contributed by atoms with van der Waals surface area (Å²) in [5, 5.41) is 0. The monoisotopic (exact) mass is 342 g/mol. The van der Waals surface area contributed by atoms with Crippen LogP contribution >= 0.6 is 0 Å². The summed E-state index contributed by atoms with van der Waals surface area (Å²) in [7, 11) is 0. The van der Waals surface area contributed by atoms with Crippen molar-refractivity contribution < 1.29 is 9.59 Å². The molecule has 1 aromatic heterocycles. The molecule has 1 aliphatic carbocycles. The van der Waals surface area contributed by atoms with Crippen molar-refractivity contribution in [3.8, 4) is 0 Å². The number of allylic oxidation sites excluding steroid dienone is 2. The van der Waals surface area contributed by atoms with Crippen molar-refractivity contribution in [2.75, 3.05) is 13.1 Å². The lowest BCUT2D eigenvalue weighted by atomic mass is 9.71. The Morgan fingerprint density at radius 3 is 2.60 bits per heavy atom. The van der Waals surface area contributed by atoms with Crippen molar-refractivity contribution >= 4 is 11.6 Å². The first-order valence-corrected chi connectivity index (χ1v) is 9.48. The number of aryl methyl sites for hydroxylation is 1. The molecule has 1 fully saturated rings. The quantitative estimate of drug-likeness (QED) is 0.658. The highest BCUT2D eigenvalue weighted by molar-refractivity contribution is 6.05. The van der Waals surface area contributed by atoms with E-state index in [1.807, 2.05) is 20.8 Å². The Kier molecular flexibility index (Phi) is 5.01. The second-order valence-electron chi connectivity index (χ2n) is 8.01. The van der Waals surface area contributed by atoms with E-state index in [4.69, 9.17) is 0 Å². The van der Waals surface area contributed by atoms with E-state index in [0.717, 1.165) is 43.6 Å². The van der Waals surface area contributed by atoms with Gasteiger partial charge in [0, 0.05) is 17.8 Å². The maximum absolute atomic E-state index is 13.1. The third-order valence-corrected chi connectivity index (χ3v) is 6.21. The number of carbonyl (C=O) groups is 2. The Morgan fingerprint density at radius 2 is 2.00 bits per heavy atom. The van der Waals surface area contributed by atoms with E-state index < -0.39 is 0 Å². The average Bonchev–Trinajstić information content (AvgIpc) is 2.89. The zero-order chi connectivity index (χ0) is 18.2. The van der Waals surface area contributed by atoms with Crippen LogP contribution < -0.4 is 0 Å². The first-order valence-electron chi connectivity index (χ1n) is 9.48. The number of ketones is 2. The lowest BCUT2D eigenvalue weighted by Gasteiger charge is -2.45. The van der Waals surface area contributed by atoms with E-state index in [1.165, 1.54) is 12.8 Å². The molecular weight excluding hydrogens is 312 g/mol. The Morgan fingerprint density at radius 1 is 1.24 bits per heavy atom. The summed E-state index contributed by atoms with van der Waals surface area (Å²) < 4.78 is 0. The van der Waals surface area contributed by atoms with Gasteiger partial charge in [-0.15, -0.1) is 0 Å². The molecule has 0 radical (unpaired) electrons. The van der Waals surface area contributed by atoms with E-state index in [0.29, 0.717) is 16.7 Å². The van der Waals surface area contributed by atoms with Gasteiger partial charge in [0.25, 0.3) is 0 Å². The fourth-order valence-corrected chi connectivity index (χ4v) is 4.79. The highest BCUT2D eigenvalue weighted by Crippen LogP contribution is 2.41. The van der Waals surface area contributed by atoms with Gasteiger partial charge in [0.15, 0.2) is 11.6 Å². The molecule has 4 heteroatoms. The van der Waals surface area contributed by atoms with Gasteiger partial charge in [-0.1, -0.05) is 12.2 Å². The zero-order valence-corrected chi connectivity index (χ0v) is 15.9. The van der Waals surface area contributed by atoms with Crippen LogP contribution in [0.3, 0.4) is 0 Å². The number of likely N-dealkylation sites (tertiary alicyclic amines) is 1. The molecule has 1 aromatic rings. The Labute approximate surface area is 150 Å². The van der Waals surface area contributed by atoms with E-state index in [2.05, 4.69) is 22.0 Å². The van der Waals surface area contributed by atoms with Gasteiger partial charge in [0.2, 0.25) is 0 Å². The number of H-pyrrole nitrogens is 1. The van der Waals surface area contributed by atoms with E-state index in [9.17, 15) is 9.59 Å². The van der Waals surface area contributed by atoms with Crippen molar-refractivity contribution in [3.05, 3.63) is 34.7 Å². The lowest BCUT2D eigenvalue weighted by Crippen LogP contribution is -2.50. The molecule has 4 nitrogen and oxygen atoms in total. The van der Waals surface area contributed by atoms with Gasteiger partial charge in [0.1, 0.15) is 0 Å². The number of Topliss-reactive ketones (excluding diaryl/α,β-unsaturated/α-hetero) is 2. The molecule has 2 atom stereocenters. The fourth-order valence-electron chi connectivity index (χ4n) is 4.79. The number of nitrogens with zero attached hydrogens (tertiary/aromatic N) is 1. The Balaban J connectivity index is 1.80. The first-order chi connectivity index (χ1) is 11.8. The van der Waals surface area contributed by atoms with Gasteiger partial charge in [-0.25, -0.2) is 0 Å². The maximum atomic E-state index is 13.1. The summed E-state index contributed by atoms with van der Waals surface area (Å²) in [6, 6.07) is -0.153. The Hall–Kier alpha value is -1.68. The van der Waals surface area contributed by atoms with E-state index in [1.54, 1.807) is 6.92 Å². The summed E-state index contributed by atoms with van der Waals surface area (Å²) >= 11 is 0. The average molecular weight is 342 g/mol. The van der Waals surface area contributed by atoms with Crippen LogP contribution in [0.4, 0.5) is 0 Å². The van der Waals surface area contributed by atoms with Gasteiger partial charge in [0.05, 0.1) is 11.7 Å². The van der Waals surface area contributed by atoms with Crippen molar-refractivity contribution in [2.24, 2.45) is 5.41 Å². The predicted octanol–water partition coefficient (Wildman–Crippen LogP) is 4.23. The third-order valence-electron chi connectivity index (χ3n) is 6.21. The Bertz CT molecular complexity index is 716. The molecule has 2 aliphatic rings. The molecule has 136 valence electrons. The summed E-state index contributed by atoms with van der Waals surface area (Å²) in [6.07, 6.45) is 10.6. The number of piperidine rings is 1. The predicted molar refractivity (Wildman–Crippen MR) is 100 cm³/mol. The van der Waals surface area contributed by atoms with Crippen LogP contribution in [0.1, 0.15) is 78.1 Å². The smallest absolute Gasteiger partial charge is 0.196 e. The molecule has 2 heterocycles. The number of rotatable bonds is 4. The maximum Gasteiger partial charge on any atom is 0.196 e. The second kappa shape index (κ2) is 6.91. The number of carbonyl (C=O) groups excluding carboxylic acids is 2. The van der Waals surface area contributed by atoms with Crippen molar-refractivity contribution in [3.63, 3.8) is 0 Å². The van der Waals surface area contributed by atoms with Crippen LogP contribution in [0.2, 0.25) is 0 Å². The van der Waals surface area contributed by atoms with Gasteiger partial charge in [-0.05, 0) is 77.3 Å². The highest BCUT2D eigenvalue weighted by Gasteiger charge is 2.38. The number of aromatic amines is 1. The molecule has 3 rings (SSSR count). The molecule has 0 unspecified atom stereocenters. The molecule has 1 saturated heterocycles. The van der Waals surface area contributed by atoms with Crippen molar-refractivity contribution in [1.82, 2.24) is 9.88 Å². The minimum atomic E-state index is -0.153. The van der Waals surface area contributed by atoms with Gasteiger partial charge < -0.3 is 4.98 Å². The van der Waals surface area contributed by atoms with Gasteiger partial charge in [-0.2, -0.15) is 0 Å². The standard InChI is InChI=1S/C21H30N2O2/c1-14-18(17(4)24)15(2)22-19(14)20(25)16(3)23-12-8-11-21(13-23)9-6-5-7-10-21/h5-6,16,22H,7-13H2,1-4H3/t16-,21+/m1/s1. The summed E-state index contributed by atoms with van der Waals surface area (Å²) in [5.74, 6) is 0.125. The molecule has 25 heavy (non-hydrogen) atoms. The van der Waals surface area contributed by atoms with Crippen molar-refractivity contribution in [2.45, 2.75) is 65.8 Å². The van der Waals surface area contributed by atoms with Crippen LogP contribution in [0, 0.1) is 19.3 Å². The number of nitrogens with one attached hydrogen (secondary N) is 1. The minimum absolute atomic E-state index is 0.0175. The summed E-state index contributed by atoms with van der Waals surface area (Å²) in [6.45, 7) is 9.31. The fraction of sp³-hybridized carbons (Fsp3) is 0.619. The zero-order valence-electron chi connectivity index (χ0n) is 15.9. The topological polar surface area (TPSA) is 53.2 Å². The van der Waals surface area contributed by atoms with E-state index in [-0.39, 0.29) is 17.6 Å². The molecule has 0 aromatic carbocycles. The summed E-state index contributed by atoms with van der Waals surface area (Å²) in [4.78, 5) is 30.5. The molecule has 0 amide bonds. The number of aromatic nitrogens is 1. The normalized spacial score (nSPS) is 25.3. The molecular formula is C21H30N2O2. The van der Waals surface area contributed by atoms with Crippen LogP contribution in [0.25, 0.3) is 0 Å². The first kappa shape index (κ1) is 18.1. The van der Waals surface area contributed by atoms with Gasteiger partial charge in [-0.3, -0.25) is 14.5 Å². The SMILES string of the molecule is CC(=O)c1c(C)[nH]c(C(=O)[C@@H](C)N2CCC[C@@]3(CC=CCC3)C2)c1C. The van der Waals surface area contributed by atoms with Crippen LogP contribution in [-0.4, -0.2) is 40.6 Å². The molecule has 0 saturated carbocycles. The molecule has 1 N–H and O–H groups in total. The molecule has 1 spiro atoms. The second-order valence-corrected chi connectivity index (χ2v) is 8.01. The minimum Gasteiger partial charge on any atom is -0.355 e. The third kappa shape index (κ3) is 3.37. The van der Waals surface area contributed by atoms with Crippen LogP contribution in [0.15, 0.2) is 12.2 Å². The number of hydrogen-bond donors (Lipinski definition) is 1. The van der Waals surface area contributed by atoms with Crippen molar-refractivity contribution in [1.29, 1.82) is 0 Å². The molecule has 1 aliphatic heterocycles.